The third-order valence-electron chi connectivity index (χ3n) is 5.17. The summed E-state index contributed by atoms with van der Waals surface area (Å²) in [4.78, 5) is 9.20. The first kappa shape index (κ1) is 22.0. The van der Waals surface area contributed by atoms with Crippen LogP contribution in [0.2, 0.25) is 0 Å². The van der Waals surface area contributed by atoms with Gasteiger partial charge in [-0.05, 0) is 52.0 Å². The normalized spacial score (nSPS) is 23.5. The van der Waals surface area contributed by atoms with E-state index in [1.165, 1.54) is 38.6 Å². The van der Waals surface area contributed by atoms with Crippen molar-refractivity contribution in [3.8, 4) is 0 Å². The standard InChI is InChI=1S/C18H36N4O.HI/c1-15-7-5-6-10-22(15)16(2)13-20-18(19-3)21(4)11-12-23-14-17-8-9-17;/h15-17H,5-14H2,1-4H3,(H,19,20);1H. The average Bonchev–Trinajstić information content (AvgIpc) is 3.36. The topological polar surface area (TPSA) is 40.1 Å². The van der Waals surface area contributed by atoms with E-state index in [0.717, 1.165) is 38.2 Å². The lowest BCUT2D eigenvalue weighted by atomic mass is 10.0. The van der Waals surface area contributed by atoms with Gasteiger partial charge in [0.15, 0.2) is 5.96 Å². The molecule has 142 valence electrons. The van der Waals surface area contributed by atoms with Gasteiger partial charge in [-0.2, -0.15) is 0 Å². The maximum atomic E-state index is 5.73. The quantitative estimate of drug-likeness (QED) is 0.266. The van der Waals surface area contributed by atoms with Crippen LogP contribution in [0.5, 0.6) is 0 Å². The molecule has 1 heterocycles. The summed E-state index contributed by atoms with van der Waals surface area (Å²) in [5.41, 5.74) is 0. The third kappa shape index (κ3) is 7.44. The average molecular weight is 452 g/mol. The summed E-state index contributed by atoms with van der Waals surface area (Å²) in [7, 11) is 3.95. The van der Waals surface area contributed by atoms with Gasteiger partial charge in [0.2, 0.25) is 0 Å². The fraction of sp³-hybridized carbons (Fsp3) is 0.944. The van der Waals surface area contributed by atoms with Crippen molar-refractivity contribution in [2.45, 2.75) is 58.0 Å². The molecular weight excluding hydrogens is 415 g/mol. The van der Waals surface area contributed by atoms with E-state index in [1.807, 2.05) is 7.05 Å². The largest absolute Gasteiger partial charge is 0.379 e. The van der Waals surface area contributed by atoms with Gasteiger partial charge in [0.1, 0.15) is 0 Å². The summed E-state index contributed by atoms with van der Waals surface area (Å²) in [5.74, 6) is 1.81. The number of likely N-dealkylation sites (N-methyl/N-ethyl adjacent to an activating group) is 1. The van der Waals surface area contributed by atoms with Crippen LogP contribution in [0, 0.1) is 5.92 Å². The van der Waals surface area contributed by atoms with Crippen molar-refractivity contribution in [1.29, 1.82) is 0 Å². The molecule has 5 nitrogen and oxygen atoms in total. The lowest BCUT2D eigenvalue weighted by molar-refractivity contribution is 0.111. The Morgan fingerprint density at radius 1 is 1.33 bits per heavy atom. The second kappa shape index (κ2) is 11.5. The molecule has 0 aromatic rings. The Bertz CT molecular complexity index is 376. The molecule has 0 spiro atoms. The number of guanidine groups is 1. The number of piperidine rings is 1. The molecule has 1 aliphatic carbocycles. The first-order valence-corrected chi connectivity index (χ1v) is 9.37. The molecule has 2 unspecified atom stereocenters. The number of nitrogens with one attached hydrogen (secondary N) is 1. The number of hydrogen-bond acceptors (Lipinski definition) is 3. The maximum Gasteiger partial charge on any atom is 0.193 e. The van der Waals surface area contributed by atoms with E-state index in [-0.39, 0.29) is 24.0 Å². The van der Waals surface area contributed by atoms with Crippen molar-refractivity contribution < 1.29 is 4.74 Å². The molecule has 0 bridgehead atoms. The van der Waals surface area contributed by atoms with Crippen LogP contribution in [-0.4, -0.2) is 74.8 Å². The molecule has 2 fully saturated rings. The summed E-state index contributed by atoms with van der Waals surface area (Å²) < 4.78 is 5.73. The zero-order valence-corrected chi connectivity index (χ0v) is 18.3. The Hall–Kier alpha value is -0.0800. The summed E-state index contributed by atoms with van der Waals surface area (Å²) in [6.07, 6.45) is 6.75. The van der Waals surface area contributed by atoms with Gasteiger partial charge >= 0.3 is 0 Å². The van der Waals surface area contributed by atoms with Crippen molar-refractivity contribution >= 4 is 29.9 Å². The Morgan fingerprint density at radius 3 is 2.71 bits per heavy atom. The zero-order chi connectivity index (χ0) is 16.7. The van der Waals surface area contributed by atoms with E-state index >= 15 is 0 Å². The van der Waals surface area contributed by atoms with Crippen LogP contribution < -0.4 is 5.32 Å². The van der Waals surface area contributed by atoms with Crippen LogP contribution in [0.15, 0.2) is 4.99 Å². The number of nitrogens with zero attached hydrogens (tertiary/aromatic N) is 3. The lowest BCUT2D eigenvalue weighted by Gasteiger charge is -2.38. The predicted molar refractivity (Wildman–Crippen MR) is 112 cm³/mol. The minimum atomic E-state index is 0. The predicted octanol–water partition coefficient (Wildman–Crippen LogP) is 2.80. The van der Waals surface area contributed by atoms with Gasteiger partial charge in [0, 0.05) is 45.9 Å². The fourth-order valence-electron chi connectivity index (χ4n) is 3.36. The number of halogens is 1. The van der Waals surface area contributed by atoms with Gasteiger partial charge in [-0.1, -0.05) is 6.42 Å². The highest BCUT2D eigenvalue weighted by Gasteiger charge is 2.23. The first-order valence-electron chi connectivity index (χ1n) is 9.37. The summed E-state index contributed by atoms with van der Waals surface area (Å²) in [6, 6.07) is 1.25. The minimum Gasteiger partial charge on any atom is -0.379 e. The van der Waals surface area contributed by atoms with Crippen LogP contribution in [0.3, 0.4) is 0 Å². The molecule has 2 rings (SSSR count). The van der Waals surface area contributed by atoms with Crippen molar-refractivity contribution in [1.82, 2.24) is 15.1 Å². The van der Waals surface area contributed by atoms with E-state index in [1.54, 1.807) is 0 Å². The molecule has 1 saturated carbocycles. The molecule has 2 atom stereocenters. The van der Waals surface area contributed by atoms with E-state index < -0.39 is 0 Å². The highest BCUT2D eigenvalue weighted by atomic mass is 127. The van der Waals surface area contributed by atoms with Crippen molar-refractivity contribution in [2.24, 2.45) is 10.9 Å². The number of hydrogen-bond donors (Lipinski definition) is 1. The third-order valence-corrected chi connectivity index (χ3v) is 5.17. The molecule has 0 radical (unpaired) electrons. The Morgan fingerprint density at radius 2 is 2.08 bits per heavy atom. The monoisotopic (exact) mass is 452 g/mol. The number of rotatable bonds is 8. The van der Waals surface area contributed by atoms with Crippen LogP contribution >= 0.6 is 24.0 Å². The van der Waals surface area contributed by atoms with Crippen LogP contribution in [0.1, 0.15) is 46.0 Å². The van der Waals surface area contributed by atoms with E-state index in [9.17, 15) is 0 Å². The maximum absolute atomic E-state index is 5.73. The molecule has 1 saturated heterocycles. The highest BCUT2D eigenvalue weighted by molar-refractivity contribution is 14.0. The molecular formula is C18H37IN4O. The second-order valence-electron chi connectivity index (χ2n) is 7.30. The van der Waals surface area contributed by atoms with Crippen LogP contribution in [0.25, 0.3) is 0 Å². The SMILES string of the molecule is CN=C(NCC(C)N1CCCCC1C)N(C)CCOCC1CC1.I. The number of aliphatic imine (C=N–C) groups is 1. The molecule has 24 heavy (non-hydrogen) atoms. The van der Waals surface area contributed by atoms with Gasteiger partial charge in [-0.3, -0.25) is 9.89 Å². The van der Waals surface area contributed by atoms with E-state index in [0.29, 0.717) is 12.1 Å². The lowest BCUT2D eigenvalue weighted by Crippen LogP contribution is -2.50. The summed E-state index contributed by atoms with van der Waals surface area (Å²) in [6.45, 7) is 9.46. The molecule has 1 N–H and O–H groups in total. The number of likely N-dealkylation sites (tertiary alicyclic amines) is 1. The van der Waals surface area contributed by atoms with Gasteiger partial charge in [-0.25, -0.2) is 0 Å². The Kier molecular flexibility index (Phi) is 10.5. The van der Waals surface area contributed by atoms with Gasteiger partial charge in [-0.15, -0.1) is 24.0 Å². The summed E-state index contributed by atoms with van der Waals surface area (Å²) in [5, 5.41) is 3.53. The van der Waals surface area contributed by atoms with Crippen LogP contribution in [-0.2, 0) is 4.74 Å². The second-order valence-corrected chi connectivity index (χ2v) is 7.30. The number of ether oxygens (including phenoxy) is 1. The molecule has 6 heteroatoms. The zero-order valence-electron chi connectivity index (χ0n) is 16.0. The van der Waals surface area contributed by atoms with Crippen molar-refractivity contribution in [2.75, 3.05) is 46.9 Å². The molecule has 0 amide bonds. The molecule has 2 aliphatic rings. The first-order chi connectivity index (χ1) is 11.1. The Labute approximate surface area is 165 Å². The highest BCUT2D eigenvalue weighted by Crippen LogP contribution is 2.28. The molecule has 0 aromatic heterocycles. The van der Waals surface area contributed by atoms with Gasteiger partial charge < -0.3 is 15.0 Å². The van der Waals surface area contributed by atoms with E-state index in [2.05, 4.69) is 41.0 Å². The van der Waals surface area contributed by atoms with Gasteiger partial charge in [0.25, 0.3) is 0 Å². The smallest absolute Gasteiger partial charge is 0.193 e. The molecule has 1 aliphatic heterocycles. The van der Waals surface area contributed by atoms with Crippen molar-refractivity contribution in [3.05, 3.63) is 0 Å². The van der Waals surface area contributed by atoms with E-state index in [4.69, 9.17) is 4.74 Å². The Balaban J connectivity index is 0.00000288. The van der Waals surface area contributed by atoms with Gasteiger partial charge in [0.05, 0.1) is 6.61 Å². The van der Waals surface area contributed by atoms with Crippen molar-refractivity contribution in [3.63, 3.8) is 0 Å². The summed E-state index contributed by atoms with van der Waals surface area (Å²) >= 11 is 0. The minimum absolute atomic E-state index is 0. The molecule has 0 aromatic carbocycles. The van der Waals surface area contributed by atoms with Crippen LogP contribution in [0.4, 0.5) is 0 Å². The fourth-order valence-corrected chi connectivity index (χ4v) is 3.36.